The number of hydrogen-bond donors (Lipinski definition) is 2. The van der Waals surface area contributed by atoms with E-state index in [0.29, 0.717) is 12.3 Å². The molecule has 0 unspecified atom stereocenters. The third-order valence-electron chi connectivity index (χ3n) is 5.13. The van der Waals surface area contributed by atoms with Crippen LogP contribution in [0.2, 0.25) is 0 Å². The summed E-state index contributed by atoms with van der Waals surface area (Å²) in [5.74, 6) is 0.197. The number of aromatic amines is 1. The SMILES string of the molecule is Cc1cc(CNC(=O)c2oc3ccccc3c2C)c2[nH]c(C)c(C)c2c1. The first kappa shape index (κ1) is 16.5. The summed E-state index contributed by atoms with van der Waals surface area (Å²) in [5.41, 5.74) is 7.38. The Morgan fingerprint density at radius 2 is 1.81 bits per heavy atom. The number of carbonyl (C=O) groups is 1. The Morgan fingerprint density at radius 3 is 2.58 bits per heavy atom. The van der Waals surface area contributed by atoms with E-state index in [0.717, 1.165) is 33.3 Å². The van der Waals surface area contributed by atoms with Gasteiger partial charge in [0.05, 0.1) is 5.52 Å². The average molecular weight is 346 g/mol. The molecule has 132 valence electrons. The smallest absolute Gasteiger partial charge is 0.287 e. The number of fused-ring (bicyclic) bond motifs is 2. The maximum absolute atomic E-state index is 12.7. The fourth-order valence-corrected chi connectivity index (χ4v) is 3.57. The molecule has 0 aliphatic carbocycles. The third-order valence-corrected chi connectivity index (χ3v) is 5.13. The second-order valence-corrected chi connectivity index (χ2v) is 6.96. The molecule has 1 amide bonds. The van der Waals surface area contributed by atoms with E-state index in [1.54, 1.807) is 0 Å². The number of aromatic nitrogens is 1. The molecule has 0 bridgehead atoms. The van der Waals surface area contributed by atoms with Crippen LogP contribution in [0.1, 0.15) is 38.5 Å². The van der Waals surface area contributed by atoms with Crippen LogP contribution in [0.15, 0.2) is 40.8 Å². The number of furan rings is 1. The molecule has 0 aliphatic heterocycles. The summed E-state index contributed by atoms with van der Waals surface area (Å²) >= 11 is 0. The highest BCUT2D eigenvalue weighted by atomic mass is 16.3. The monoisotopic (exact) mass is 346 g/mol. The lowest BCUT2D eigenvalue weighted by atomic mass is 10.0. The Bertz CT molecular complexity index is 1150. The van der Waals surface area contributed by atoms with Crippen molar-refractivity contribution in [2.24, 2.45) is 0 Å². The normalized spacial score (nSPS) is 11.4. The van der Waals surface area contributed by atoms with Crippen LogP contribution in [-0.2, 0) is 6.54 Å². The zero-order valence-electron chi connectivity index (χ0n) is 15.5. The number of aryl methyl sites for hydroxylation is 4. The molecule has 2 heterocycles. The number of benzene rings is 2. The van der Waals surface area contributed by atoms with E-state index in [4.69, 9.17) is 4.42 Å². The predicted octanol–water partition coefficient (Wildman–Crippen LogP) is 5.08. The van der Waals surface area contributed by atoms with Crippen LogP contribution < -0.4 is 5.32 Å². The fourth-order valence-electron chi connectivity index (χ4n) is 3.57. The van der Waals surface area contributed by atoms with Gasteiger partial charge in [0.15, 0.2) is 5.76 Å². The van der Waals surface area contributed by atoms with Gasteiger partial charge >= 0.3 is 0 Å². The van der Waals surface area contributed by atoms with E-state index >= 15 is 0 Å². The molecule has 0 aliphatic rings. The standard InChI is InChI=1S/C22H22N2O2/c1-12-9-16(20-18(10-12)13(2)15(4)24-20)11-23-22(25)21-14(3)17-7-5-6-8-19(17)26-21/h5-10,24H,11H2,1-4H3,(H,23,25). The van der Waals surface area contributed by atoms with Gasteiger partial charge < -0.3 is 14.7 Å². The number of rotatable bonds is 3. The summed E-state index contributed by atoms with van der Waals surface area (Å²) < 4.78 is 5.76. The van der Waals surface area contributed by atoms with Crippen LogP contribution in [0, 0.1) is 27.7 Å². The summed E-state index contributed by atoms with van der Waals surface area (Å²) in [6.07, 6.45) is 0. The van der Waals surface area contributed by atoms with Gasteiger partial charge in [-0.2, -0.15) is 0 Å². The number of H-pyrrole nitrogens is 1. The molecule has 0 saturated heterocycles. The lowest BCUT2D eigenvalue weighted by molar-refractivity contribution is 0.0924. The van der Waals surface area contributed by atoms with Crippen molar-refractivity contribution in [3.63, 3.8) is 0 Å². The first-order chi connectivity index (χ1) is 12.5. The summed E-state index contributed by atoms with van der Waals surface area (Å²) in [6.45, 7) is 8.64. The van der Waals surface area contributed by atoms with Crippen LogP contribution >= 0.6 is 0 Å². The first-order valence-corrected chi connectivity index (χ1v) is 8.80. The first-order valence-electron chi connectivity index (χ1n) is 8.80. The highest BCUT2D eigenvalue weighted by molar-refractivity contribution is 5.99. The molecule has 0 fully saturated rings. The van der Waals surface area contributed by atoms with E-state index in [-0.39, 0.29) is 5.91 Å². The molecular weight excluding hydrogens is 324 g/mol. The lowest BCUT2D eigenvalue weighted by Gasteiger charge is -2.07. The minimum absolute atomic E-state index is 0.187. The largest absolute Gasteiger partial charge is 0.451 e. The third kappa shape index (κ3) is 2.58. The molecule has 0 saturated carbocycles. The van der Waals surface area contributed by atoms with Crippen molar-refractivity contribution >= 4 is 27.8 Å². The van der Waals surface area contributed by atoms with Crippen molar-refractivity contribution in [1.82, 2.24) is 10.3 Å². The second kappa shape index (κ2) is 6.06. The van der Waals surface area contributed by atoms with E-state index in [9.17, 15) is 4.79 Å². The molecular formula is C22H22N2O2. The van der Waals surface area contributed by atoms with Gasteiger partial charge in [-0.05, 0) is 51.0 Å². The van der Waals surface area contributed by atoms with Gasteiger partial charge in [0.25, 0.3) is 5.91 Å². The van der Waals surface area contributed by atoms with Crippen molar-refractivity contribution in [2.45, 2.75) is 34.2 Å². The summed E-state index contributed by atoms with van der Waals surface area (Å²) in [5, 5.41) is 5.20. The number of hydrogen-bond acceptors (Lipinski definition) is 2. The molecule has 26 heavy (non-hydrogen) atoms. The van der Waals surface area contributed by atoms with Gasteiger partial charge in [-0.25, -0.2) is 0 Å². The van der Waals surface area contributed by atoms with Gasteiger partial charge in [-0.3, -0.25) is 4.79 Å². The minimum Gasteiger partial charge on any atom is -0.451 e. The maximum atomic E-state index is 12.7. The predicted molar refractivity (Wildman–Crippen MR) is 105 cm³/mol. The van der Waals surface area contributed by atoms with Crippen molar-refractivity contribution in [3.8, 4) is 0 Å². The highest BCUT2D eigenvalue weighted by Gasteiger charge is 2.18. The van der Waals surface area contributed by atoms with Crippen molar-refractivity contribution in [3.05, 3.63) is 70.1 Å². The van der Waals surface area contributed by atoms with Crippen molar-refractivity contribution in [2.75, 3.05) is 0 Å². The quantitative estimate of drug-likeness (QED) is 0.543. The molecule has 4 nitrogen and oxygen atoms in total. The van der Waals surface area contributed by atoms with Crippen LogP contribution in [-0.4, -0.2) is 10.9 Å². The minimum atomic E-state index is -0.187. The lowest BCUT2D eigenvalue weighted by Crippen LogP contribution is -2.23. The zero-order valence-corrected chi connectivity index (χ0v) is 15.5. The fraction of sp³-hybridized carbons (Fsp3) is 0.227. The van der Waals surface area contributed by atoms with E-state index in [2.05, 4.69) is 43.2 Å². The second-order valence-electron chi connectivity index (χ2n) is 6.96. The highest BCUT2D eigenvalue weighted by Crippen LogP contribution is 2.27. The summed E-state index contributed by atoms with van der Waals surface area (Å²) in [6, 6.07) is 12.0. The number of nitrogens with one attached hydrogen (secondary N) is 2. The molecule has 2 N–H and O–H groups in total. The Morgan fingerprint density at radius 1 is 1.04 bits per heavy atom. The van der Waals surface area contributed by atoms with Crippen LogP contribution in [0.25, 0.3) is 21.9 Å². The number of para-hydroxylation sites is 1. The molecule has 0 radical (unpaired) electrons. The number of amides is 1. The molecule has 4 heteroatoms. The van der Waals surface area contributed by atoms with Gasteiger partial charge in [-0.1, -0.05) is 29.8 Å². The molecule has 0 atom stereocenters. The Kier molecular flexibility index (Phi) is 3.83. The van der Waals surface area contributed by atoms with Gasteiger partial charge in [0.1, 0.15) is 5.58 Å². The summed E-state index contributed by atoms with van der Waals surface area (Å²) in [4.78, 5) is 16.1. The Labute approximate surface area is 152 Å². The Balaban J connectivity index is 1.64. The van der Waals surface area contributed by atoms with Crippen molar-refractivity contribution < 1.29 is 9.21 Å². The zero-order chi connectivity index (χ0) is 18.4. The molecule has 2 aromatic heterocycles. The summed E-state index contributed by atoms with van der Waals surface area (Å²) in [7, 11) is 0. The van der Waals surface area contributed by atoms with Crippen LogP contribution in [0.4, 0.5) is 0 Å². The topological polar surface area (TPSA) is 58.0 Å². The maximum Gasteiger partial charge on any atom is 0.287 e. The van der Waals surface area contributed by atoms with Gasteiger partial charge in [0, 0.05) is 28.6 Å². The molecule has 2 aromatic carbocycles. The number of carbonyl (C=O) groups excluding carboxylic acids is 1. The molecule has 0 spiro atoms. The molecule has 4 aromatic rings. The molecule has 4 rings (SSSR count). The average Bonchev–Trinajstić information content (AvgIpc) is 3.11. The Hall–Kier alpha value is -3.01. The van der Waals surface area contributed by atoms with Crippen LogP contribution in [0.5, 0.6) is 0 Å². The van der Waals surface area contributed by atoms with Crippen LogP contribution in [0.3, 0.4) is 0 Å². The van der Waals surface area contributed by atoms with Crippen molar-refractivity contribution in [1.29, 1.82) is 0 Å². The van der Waals surface area contributed by atoms with Gasteiger partial charge in [0.2, 0.25) is 0 Å². The van der Waals surface area contributed by atoms with E-state index in [1.165, 1.54) is 16.5 Å². The van der Waals surface area contributed by atoms with E-state index in [1.807, 2.05) is 31.2 Å². The van der Waals surface area contributed by atoms with E-state index < -0.39 is 0 Å². The van der Waals surface area contributed by atoms with Gasteiger partial charge in [-0.15, -0.1) is 0 Å².